The minimum atomic E-state index is 0.767. The minimum absolute atomic E-state index is 0.767. The van der Waals surface area contributed by atoms with Crippen LogP contribution in [-0.4, -0.2) is 4.98 Å². The van der Waals surface area contributed by atoms with Crippen molar-refractivity contribution in [3.8, 4) is 0 Å². The lowest BCUT2D eigenvalue weighted by molar-refractivity contribution is 1.39. The van der Waals surface area contributed by atoms with Crippen molar-refractivity contribution < 1.29 is 0 Å². The van der Waals surface area contributed by atoms with Crippen LogP contribution in [0.3, 0.4) is 0 Å². The first kappa shape index (κ1) is 7.56. The number of halogens is 1. The zero-order valence-corrected chi connectivity index (χ0v) is 7.47. The highest BCUT2D eigenvalue weighted by Gasteiger charge is 1.98. The third kappa shape index (κ3) is 1.16. The highest BCUT2D eigenvalue weighted by Crippen LogP contribution is 2.21. The monoisotopic (exact) mass is 177 g/mol. The Morgan fingerprint density at radius 3 is 2.92 bits per heavy atom. The highest BCUT2D eigenvalue weighted by molar-refractivity contribution is 6.35. The van der Waals surface area contributed by atoms with Crippen molar-refractivity contribution in [3.63, 3.8) is 0 Å². The van der Waals surface area contributed by atoms with Crippen LogP contribution >= 0.6 is 11.6 Å². The number of nitrogens with zero attached hydrogens (tertiary/aromatic N) is 1. The van der Waals surface area contributed by atoms with Crippen LogP contribution in [0.2, 0.25) is 5.02 Å². The maximum absolute atomic E-state index is 5.99. The van der Waals surface area contributed by atoms with Crippen LogP contribution in [0.1, 0.15) is 5.56 Å². The van der Waals surface area contributed by atoms with Crippen molar-refractivity contribution in [1.82, 2.24) is 4.98 Å². The Kier molecular flexibility index (Phi) is 1.74. The highest BCUT2D eigenvalue weighted by atomic mass is 35.5. The Labute approximate surface area is 76.0 Å². The molecule has 2 aromatic rings. The summed E-state index contributed by atoms with van der Waals surface area (Å²) in [4.78, 5) is 4.20. The summed E-state index contributed by atoms with van der Waals surface area (Å²) in [6, 6.07) is 7.87. The summed E-state index contributed by atoms with van der Waals surface area (Å²) in [6.45, 7) is 2.04. The first-order valence-electron chi connectivity index (χ1n) is 3.78. The van der Waals surface area contributed by atoms with Crippen LogP contribution in [-0.2, 0) is 0 Å². The van der Waals surface area contributed by atoms with Crippen LogP contribution in [0.15, 0.2) is 30.5 Å². The van der Waals surface area contributed by atoms with Crippen LogP contribution in [0.4, 0.5) is 0 Å². The second-order valence-corrected chi connectivity index (χ2v) is 3.22. The van der Waals surface area contributed by atoms with E-state index in [1.54, 1.807) is 6.20 Å². The summed E-state index contributed by atoms with van der Waals surface area (Å²) in [5, 5.41) is 1.79. The average molecular weight is 178 g/mol. The van der Waals surface area contributed by atoms with Crippen molar-refractivity contribution in [1.29, 1.82) is 0 Å². The zero-order valence-electron chi connectivity index (χ0n) is 6.71. The minimum Gasteiger partial charge on any atom is -0.256 e. The SMILES string of the molecule is Cc1ccc2nccc(Cl)c2c1. The average Bonchev–Trinajstić information content (AvgIpc) is 2.07. The lowest BCUT2D eigenvalue weighted by atomic mass is 10.1. The molecule has 0 fully saturated rings. The van der Waals surface area contributed by atoms with Crippen molar-refractivity contribution in [3.05, 3.63) is 41.0 Å². The van der Waals surface area contributed by atoms with Gasteiger partial charge in [0.25, 0.3) is 0 Å². The zero-order chi connectivity index (χ0) is 8.55. The van der Waals surface area contributed by atoms with Crippen molar-refractivity contribution in [2.45, 2.75) is 6.92 Å². The number of aromatic nitrogens is 1. The number of aryl methyl sites for hydroxylation is 1. The van der Waals surface area contributed by atoms with Gasteiger partial charge in [-0.15, -0.1) is 0 Å². The molecule has 1 aromatic heterocycles. The fraction of sp³-hybridized carbons (Fsp3) is 0.100. The van der Waals surface area contributed by atoms with Gasteiger partial charge in [-0.05, 0) is 25.1 Å². The fourth-order valence-electron chi connectivity index (χ4n) is 1.23. The number of hydrogen-bond donors (Lipinski definition) is 0. The number of fused-ring (bicyclic) bond motifs is 1. The summed E-state index contributed by atoms with van der Waals surface area (Å²) in [5.41, 5.74) is 2.16. The summed E-state index contributed by atoms with van der Waals surface area (Å²) < 4.78 is 0. The molecule has 0 N–H and O–H groups in total. The molecule has 2 heteroatoms. The molecule has 0 unspecified atom stereocenters. The standard InChI is InChI=1S/C10H8ClN/c1-7-2-3-10-8(6-7)9(11)4-5-12-10/h2-6H,1H3. The molecule has 0 aliphatic heterocycles. The molecule has 60 valence electrons. The van der Waals surface area contributed by atoms with Crippen molar-refractivity contribution >= 4 is 22.5 Å². The molecule has 1 nitrogen and oxygen atoms in total. The molecule has 1 heterocycles. The van der Waals surface area contributed by atoms with E-state index in [9.17, 15) is 0 Å². The van der Waals surface area contributed by atoms with Gasteiger partial charge in [-0.3, -0.25) is 4.98 Å². The maximum Gasteiger partial charge on any atom is 0.0717 e. The molecule has 0 spiro atoms. The van der Waals surface area contributed by atoms with Crippen LogP contribution in [0, 0.1) is 6.92 Å². The van der Waals surface area contributed by atoms with Gasteiger partial charge >= 0.3 is 0 Å². The van der Waals surface area contributed by atoms with E-state index in [-0.39, 0.29) is 0 Å². The second-order valence-electron chi connectivity index (χ2n) is 2.81. The molecule has 0 amide bonds. The Morgan fingerprint density at radius 1 is 1.25 bits per heavy atom. The van der Waals surface area contributed by atoms with Gasteiger partial charge in [-0.25, -0.2) is 0 Å². The largest absolute Gasteiger partial charge is 0.256 e. The number of pyridine rings is 1. The quantitative estimate of drug-likeness (QED) is 0.602. The van der Waals surface area contributed by atoms with E-state index in [1.165, 1.54) is 5.56 Å². The van der Waals surface area contributed by atoms with E-state index < -0.39 is 0 Å². The van der Waals surface area contributed by atoms with E-state index in [0.29, 0.717) is 0 Å². The molecule has 0 radical (unpaired) electrons. The summed E-state index contributed by atoms with van der Waals surface area (Å²) in [5.74, 6) is 0. The molecule has 2 rings (SSSR count). The molecular formula is C10H8ClN. The van der Waals surface area contributed by atoms with Gasteiger partial charge in [-0.2, -0.15) is 0 Å². The van der Waals surface area contributed by atoms with Crippen LogP contribution in [0.25, 0.3) is 10.9 Å². The summed E-state index contributed by atoms with van der Waals surface area (Å²) in [6.07, 6.45) is 1.72. The third-order valence-corrected chi connectivity index (χ3v) is 2.17. The van der Waals surface area contributed by atoms with E-state index in [0.717, 1.165) is 15.9 Å². The van der Waals surface area contributed by atoms with Gasteiger partial charge in [-0.1, -0.05) is 23.2 Å². The lowest BCUT2D eigenvalue weighted by Gasteiger charge is -1.99. The maximum atomic E-state index is 5.99. The van der Waals surface area contributed by atoms with Gasteiger partial charge in [0.05, 0.1) is 10.5 Å². The molecule has 12 heavy (non-hydrogen) atoms. The number of benzene rings is 1. The van der Waals surface area contributed by atoms with E-state index in [2.05, 4.69) is 4.98 Å². The van der Waals surface area contributed by atoms with E-state index in [4.69, 9.17) is 11.6 Å². The Bertz CT molecular complexity index is 423. The molecule has 0 aliphatic carbocycles. The number of hydrogen-bond acceptors (Lipinski definition) is 1. The lowest BCUT2D eigenvalue weighted by Crippen LogP contribution is -1.79. The van der Waals surface area contributed by atoms with Crippen molar-refractivity contribution in [2.75, 3.05) is 0 Å². The van der Waals surface area contributed by atoms with Gasteiger partial charge in [0.1, 0.15) is 0 Å². The summed E-state index contributed by atoms with van der Waals surface area (Å²) in [7, 11) is 0. The fourth-order valence-corrected chi connectivity index (χ4v) is 1.43. The predicted molar refractivity (Wildman–Crippen MR) is 51.5 cm³/mol. The molecular weight excluding hydrogens is 170 g/mol. The number of rotatable bonds is 0. The van der Waals surface area contributed by atoms with Gasteiger partial charge in [0, 0.05) is 11.6 Å². The molecule has 0 aliphatic rings. The van der Waals surface area contributed by atoms with Gasteiger partial charge < -0.3 is 0 Å². The van der Waals surface area contributed by atoms with Gasteiger partial charge in [0.15, 0.2) is 0 Å². The molecule has 0 saturated heterocycles. The van der Waals surface area contributed by atoms with E-state index in [1.807, 2.05) is 31.2 Å². The third-order valence-electron chi connectivity index (χ3n) is 1.84. The smallest absolute Gasteiger partial charge is 0.0717 e. The van der Waals surface area contributed by atoms with E-state index >= 15 is 0 Å². The topological polar surface area (TPSA) is 12.9 Å². The Balaban J connectivity index is 2.88. The second kappa shape index (κ2) is 2.76. The van der Waals surface area contributed by atoms with Crippen molar-refractivity contribution in [2.24, 2.45) is 0 Å². The van der Waals surface area contributed by atoms with Gasteiger partial charge in [0.2, 0.25) is 0 Å². The first-order valence-corrected chi connectivity index (χ1v) is 4.16. The van der Waals surface area contributed by atoms with Crippen LogP contribution in [0.5, 0.6) is 0 Å². The molecule has 0 atom stereocenters. The normalized spacial score (nSPS) is 10.5. The molecule has 1 aromatic carbocycles. The molecule has 0 bridgehead atoms. The van der Waals surface area contributed by atoms with Crippen LogP contribution < -0.4 is 0 Å². The molecule has 0 saturated carbocycles. The predicted octanol–water partition coefficient (Wildman–Crippen LogP) is 3.20. The Hall–Kier alpha value is -1.08. The Morgan fingerprint density at radius 2 is 2.08 bits per heavy atom. The first-order chi connectivity index (χ1) is 5.77. The summed E-state index contributed by atoms with van der Waals surface area (Å²) >= 11 is 5.99.